The molecule has 1 atom stereocenters. The Hall–Kier alpha value is -3.52. The van der Waals surface area contributed by atoms with E-state index >= 15 is 0 Å². The van der Waals surface area contributed by atoms with E-state index < -0.39 is 0 Å². The zero-order valence-corrected chi connectivity index (χ0v) is 24.5. The highest BCUT2D eigenvalue weighted by atomic mass is 35.5. The van der Waals surface area contributed by atoms with Gasteiger partial charge in [-0.15, -0.1) is 0 Å². The van der Waals surface area contributed by atoms with Gasteiger partial charge >= 0.3 is 0 Å². The molecule has 9 heteroatoms. The maximum Gasteiger partial charge on any atom is 0.290 e. The largest absolute Gasteiger partial charge is 0.494 e. The summed E-state index contributed by atoms with van der Waals surface area (Å²) in [6, 6.07) is 11.1. The molecule has 4 N–H and O–H groups in total. The van der Waals surface area contributed by atoms with Crippen LogP contribution in [0.25, 0.3) is 0 Å². The van der Waals surface area contributed by atoms with Crippen LogP contribution in [0.2, 0.25) is 5.02 Å². The molecular weight excluding hydrogens is 518 g/mol. The fourth-order valence-electron chi connectivity index (χ4n) is 3.81. The summed E-state index contributed by atoms with van der Waals surface area (Å²) in [5.41, 5.74) is 7.86. The molecule has 0 bridgehead atoms. The fourth-order valence-corrected chi connectivity index (χ4v) is 4.10. The van der Waals surface area contributed by atoms with Crippen molar-refractivity contribution in [3.63, 3.8) is 0 Å². The molecule has 1 unspecified atom stereocenters. The van der Waals surface area contributed by atoms with Crippen molar-refractivity contribution in [3.8, 4) is 5.75 Å². The quantitative estimate of drug-likeness (QED) is 0.130. The Bertz CT molecular complexity index is 1000. The van der Waals surface area contributed by atoms with Crippen molar-refractivity contribution in [2.75, 3.05) is 13.7 Å². The molecule has 216 valence electrons. The van der Waals surface area contributed by atoms with Crippen LogP contribution in [0.4, 0.5) is 0 Å². The van der Waals surface area contributed by atoms with Crippen LogP contribution in [0.1, 0.15) is 82.0 Å². The number of benzene rings is 1. The third kappa shape index (κ3) is 13.7. The number of ketones is 1. The van der Waals surface area contributed by atoms with Crippen LogP contribution >= 0.6 is 11.6 Å². The number of hydrogen-bond donors (Lipinski definition) is 3. The predicted molar refractivity (Wildman–Crippen MR) is 158 cm³/mol. The number of rotatable bonds is 9. The van der Waals surface area contributed by atoms with Gasteiger partial charge in [-0.25, -0.2) is 4.98 Å². The normalized spacial score (nSPS) is 13.7. The minimum Gasteiger partial charge on any atom is -0.494 e. The second kappa shape index (κ2) is 21.4. The monoisotopic (exact) mass is 561 g/mol. The van der Waals surface area contributed by atoms with E-state index in [2.05, 4.69) is 16.9 Å². The fraction of sp³-hybridized carbons (Fsp3) is 0.433. The first-order chi connectivity index (χ1) is 18.8. The zero-order chi connectivity index (χ0) is 29.6. The third-order valence-electron chi connectivity index (χ3n) is 5.69. The van der Waals surface area contributed by atoms with Crippen LogP contribution < -0.4 is 15.8 Å². The second-order valence-electron chi connectivity index (χ2n) is 8.40. The summed E-state index contributed by atoms with van der Waals surface area (Å²) < 4.78 is 11.0. The standard InChI is InChI=1S/C17H25N3O2.C10H11ClO.C2H6.CH2O2/c1-12(18)16(19-2)17(21)15-9-8-14(10-20-15)22-11-13-6-4-3-5-7-13;1-3-12-8(2)9-6-4-5-7-10(9)11;1-2;2-1-3/h8-10,13,19H,3-7,11,18H2,1-2H3;3-8H,1H2,2H3;1-2H3;1H,(H,2,3)/b16-12+;;;. The highest BCUT2D eigenvalue weighted by Crippen LogP contribution is 2.25. The molecule has 1 aliphatic carbocycles. The van der Waals surface area contributed by atoms with Gasteiger partial charge in [-0.1, -0.05) is 69.5 Å². The Morgan fingerprint density at radius 3 is 2.33 bits per heavy atom. The maximum absolute atomic E-state index is 12.2. The number of nitrogens with zero attached hydrogens (tertiary/aromatic N) is 1. The van der Waals surface area contributed by atoms with Crippen LogP contribution in [0.5, 0.6) is 5.75 Å². The Morgan fingerprint density at radius 1 is 1.23 bits per heavy atom. The first-order valence-electron chi connectivity index (χ1n) is 13.1. The number of pyridine rings is 1. The molecule has 1 fully saturated rings. The number of Topliss-reactive ketones (excluding diaryl/α,β-unsaturated/α-hetero) is 1. The van der Waals surface area contributed by atoms with E-state index in [1.807, 2.05) is 45.0 Å². The van der Waals surface area contributed by atoms with Gasteiger partial charge in [0.15, 0.2) is 0 Å². The van der Waals surface area contributed by atoms with Gasteiger partial charge < -0.3 is 25.6 Å². The highest BCUT2D eigenvalue weighted by molar-refractivity contribution is 6.31. The molecule has 0 saturated heterocycles. The van der Waals surface area contributed by atoms with Gasteiger partial charge in [0, 0.05) is 23.3 Å². The number of carboxylic acid groups (broad SMARTS) is 1. The van der Waals surface area contributed by atoms with Crippen LogP contribution in [0, 0.1) is 5.92 Å². The molecule has 8 nitrogen and oxygen atoms in total. The molecule has 0 amide bonds. The number of nitrogens with two attached hydrogens (primary N) is 1. The van der Waals surface area contributed by atoms with Crippen LogP contribution in [-0.2, 0) is 9.53 Å². The molecule has 1 aliphatic rings. The lowest BCUT2D eigenvalue weighted by atomic mass is 9.90. The predicted octanol–water partition coefficient (Wildman–Crippen LogP) is 6.92. The second-order valence-corrected chi connectivity index (χ2v) is 8.81. The van der Waals surface area contributed by atoms with E-state index in [1.165, 1.54) is 38.4 Å². The number of nitrogens with one attached hydrogen (secondary N) is 1. The lowest BCUT2D eigenvalue weighted by molar-refractivity contribution is -0.122. The van der Waals surface area contributed by atoms with E-state index in [4.69, 9.17) is 36.7 Å². The van der Waals surface area contributed by atoms with E-state index in [-0.39, 0.29) is 18.4 Å². The minimum absolute atomic E-state index is 0.0313. The van der Waals surface area contributed by atoms with E-state index in [9.17, 15) is 4.79 Å². The van der Waals surface area contributed by atoms with Gasteiger partial charge in [0.1, 0.15) is 23.2 Å². The van der Waals surface area contributed by atoms with E-state index in [0.717, 1.165) is 17.2 Å². The first-order valence-corrected chi connectivity index (χ1v) is 13.5. The summed E-state index contributed by atoms with van der Waals surface area (Å²) in [6.45, 7) is 11.6. The van der Waals surface area contributed by atoms with Gasteiger partial charge in [0.2, 0.25) is 5.78 Å². The van der Waals surface area contributed by atoms with Crippen molar-refractivity contribution < 1.29 is 24.2 Å². The smallest absolute Gasteiger partial charge is 0.290 e. The van der Waals surface area contributed by atoms with Crippen molar-refractivity contribution >= 4 is 23.9 Å². The van der Waals surface area contributed by atoms with E-state index in [0.29, 0.717) is 28.8 Å². The molecule has 1 aromatic carbocycles. The molecule has 1 aromatic heterocycles. The Balaban J connectivity index is 0.000000714. The number of allylic oxidation sites excluding steroid dienone is 2. The molecule has 1 heterocycles. The van der Waals surface area contributed by atoms with Crippen molar-refractivity contribution in [2.45, 2.75) is 65.9 Å². The minimum atomic E-state index is -0.250. The molecule has 0 aliphatic heterocycles. The summed E-state index contributed by atoms with van der Waals surface area (Å²) in [5, 5.41) is 10.4. The Kier molecular flexibility index (Phi) is 19.5. The Morgan fingerprint density at radius 2 is 1.85 bits per heavy atom. The number of carbonyl (C=O) groups is 2. The average Bonchev–Trinajstić information content (AvgIpc) is 2.95. The first kappa shape index (κ1) is 35.5. The molecule has 0 radical (unpaired) electrons. The van der Waals surface area contributed by atoms with Gasteiger partial charge in [-0.3, -0.25) is 9.59 Å². The summed E-state index contributed by atoms with van der Waals surface area (Å²) >= 11 is 5.94. The van der Waals surface area contributed by atoms with Crippen LogP contribution in [-0.4, -0.2) is 36.0 Å². The van der Waals surface area contributed by atoms with Crippen LogP contribution in [0.15, 0.2) is 66.8 Å². The summed E-state index contributed by atoms with van der Waals surface area (Å²) in [4.78, 5) is 24.8. The van der Waals surface area contributed by atoms with Crippen molar-refractivity contribution in [1.82, 2.24) is 10.3 Å². The van der Waals surface area contributed by atoms with Crippen LogP contribution in [0.3, 0.4) is 0 Å². The van der Waals surface area contributed by atoms with Crippen molar-refractivity contribution in [1.29, 1.82) is 0 Å². The summed E-state index contributed by atoms with van der Waals surface area (Å²) in [5.74, 6) is 1.15. The molecule has 0 spiro atoms. The summed E-state index contributed by atoms with van der Waals surface area (Å²) in [7, 11) is 1.67. The zero-order valence-electron chi connectivity index (χ0n) is 23.8. The number of hydrogen-bond acceptors (Lipinski definition) is 7. The van der Waals surface area contributed by atoms with Gasteiger partial charge in [0.05, 0.1) is 19.1 Å². The van der Waals surface area contributed by atoms with Gasteiger partial charge in [-0.2, -0.15) is 0 Å². The number of carbonyl (C=O) groups excluding carboxylic acids is 1. The molecular formula is C30H44ClN3O5. The number of aromatic nitrogens is 1. The average molecular weight is 562 g/mol. The molecule has 39 heavy (non-hydrogen) atoms. The lowest BCUT2D eigenvalue weighted by Gasteiger charge is -2.21. The van der Waals surface area contributed by atoms with Crippen molar-refractivity contribution in [2.24, 2.45) is 11.7 Å². The number of likely N-dealkylation sites (N-methyl/N-ethyl adjacent to an activating group) is 1. The SMILES string of the molecule is C=COC(C)c1ccccc1Cl.CC.CN/C(C(=O)c1ccc(OCC2CCCCC2)cn1)=C(\C)N.O=CO. The van der Waals surface area contributed by atoms with Crippen molar-refractivity contribution in [3.05, 3.63) is 83.1 Å². The Labute approximate surface area is 238 Å². The number of ether oxygens (including phenoxy) is 2. The molecule has 1 saturated carbocycles. The number of halogens is 1. The third-order valence-corrected chi connectivity index (χ3v) is 6.04. The van der Waals surface area contributed by atoms with Gasteiger partial charge in [-0.05, 0) is 50.8 Å². The molecule has 2 aromatic rings. The summed E-state index contributed by atoms with van der Waals surface area (Å²) in [6.07, 6.45) is 9.44. The lowest BCUT2D eigenvalue weighted by Crippen LogP contribution is -2.21. The van der Waals surface area contributed by atoms with Gasteiger partial charge in [0.25, 0.3) is 6.47 Å². The molecule has 3 rings (SSSR count). The maximum atomic E-state index is 12.2. The highest BCUT2D eigenvalue weighted by Gasteiger charge is 2.16. The topological polar surface area (TPSA) is 124 Å². The van der Waals surface area contributed by atoms with E-state index in [1.54, 1.807) is 32.3 Å².